The van der Waals surface area contributed by atoms with E-state index >= 15 is 0 Å². The van der Waals surface area contributed by atoms with Crippen molar-refractivity contribution in [2.24, 2.45) is 0 Å². The maximum atomic E-state index is 11.9. The summed E-state index contributed by atoms with van der Waals surface area (Å²) in [5, 5.41) is 0.861. The molecule has 1 aromatic carbocycles. The third-order valence-electron chi connectivity index (χ3n) is 3.14. The molecule has 2 aromatic rings. The molecule has 1 heterocycles. The molecule has 0 amide bonds. The van der Waals surface area contributed by atoms with Crippen LogP contribution in [-0.2, 0) is 20.1 Å². The smallest absolute Gasteiger partial charge is 0.271 e. The first-order valence-corrected chi connectivity index (χ1v) is 8.57. The van der Waals surface area contributed by atoms with E-state index in [0.717, 1.165) is 24.6 Å². The second kappa shape index (κ2) is 6.87. The number of aromatic nitrogens is 1. The Labute approximate surface area is 124 Å². The van der Waals surface area contributed by atoms with Gasteiger partial charge < -0.3 is 4.98 Å². The van der Waals surface area contributed by atoms with E-state index < -0.39 is 10.1 Å². The average molecular weight is 309 g/mol. The fourth-order valence-corrected chi connectivity index (χ4v) is 3.11. The summed E-state index contributed by atoms with van der Waals surface area (Å²) < 4.78 is 28.7. The molecule has 0 aliphatic carbocycles. The molecule has 1 aromatic heterocycles. The van der Waals surface area contributed by atoms with E-state index in [1.165, 1.54) is 6.07 Å². The summed E-state index contributed by atoms with van der Waals surface area (Å²) in [7, 11) is -3.59. The Bertz CT molecular complexity index is 765. The zero-order valence-electron chi connectivity index (χ0n) is 12.0. The molecule has 6 heteroatoms. The van der Waals surface area contributed by atoms with Gasteiger partial charge in [0, 0.05) is 11.6 Å². The van der Waals surface area contributed by atoms with Crippen LogP contribution in [0.3, 0.4) is 0 Å². The van der Waals surface area contributed by atoms with Gasteiger partial charge in [0.15, 0.2) is 0 Å². The van der Waals surface area contributed by atoms with Gasteiger partial charge in [-0.25, -0.2) is 0 Å². The molecule has 2 rings (SSSR count). The third kappa shape index (κ3) is 4.68. The molecule has 0 radical (unpaired) electrons. The first-order chi connectivity index (χ1) is 10.00. The van der Waals surface area contributed by atoms with Crippen molar-refractivity contribution in [3.63, 3.8) is 0 Å². The number of H-pyrrole nitrogens is 1. The minimum atomic E-state index is -3.59. The van der Waals surface area contributed by atoms with Gasteiger partial charge in [-0.05, 0) is 29.5 Å². The molecule has 114 valence electrons. The molecule has 0 atom stereocenters. The number of nitrogens with one attached hydrogen (secondary N) is 1. The molecule has 0 aliphatic heterocycles. The molecule has 0 saturated carbocycles. The van der Waals surface area contributed by atoms with Gasteiger partial charge in [-0.1, -0.05) is 31.9 Å². The predicted molar refractivity (Wildman–Crippen MR) is 82.7 cm³/mol. The Hall–Kier alpha value is -1.66. The van der Waals surface area contributed by atoms with Crippen molar-refractivity contribution >= 4 is 21.0 Å². The number of hydrogen-bond donors (Lipinski definition) is 1. The number of benzene rings is 1. The molecule has 5 nitrogen and oxygen atoms in total. The van der Waals surface area contributed by atoms with Crippen LogP contribution in [0, 0.1) is 0 Å². The maximum Gasteiger partial charge on any atom is 0.271 e. The van der Waals surface area contributed by atoms with Crippen LogP contribution >= 0.6 is 0 Å². The molecule has 21 heavy (non-hydrogen) atoms. The molecule has 1 N–H and O–H groups in total. The topological polar surface area (TPSA) is 76.2 Å². The first kappa shape index (κ1) is 15.7. The van der Waals surface area contributed by atoms with Gasteiger partial charge in [0.25, 0.3) is 10.1 Å². The lowest BCUT2D eigenvalue weighted by molar-refractivity contribution is 0.307. The predicted octanol–water partition coefficient (Wildman–Crippen LogP) is 2.56. The summed E-state index contributed by atoms with van der Waals surface area (Å²) in [6.07, 6.45) is 2.70. The number of unbranched alkanes of at least 4 members (excludes halogenated alkanes) is 2. The summed E-state index contributed by atoms with van der Waals surface area (Å²) in [6, 6.07) is 8.33. The highest BCUT2D eigenvalue weighted by molar-refractivity contribution is 7.85. The molecular weight excluding hydrogens is 290 g/mol. The third-order valence-corrected chi connectivity index (χ3v) is 4.36. The van der Waals surface area contributed by atoms with E-state index in [9.17, 15) is 13.2 Å². The van der Waals surface area contributed by atoms with Gasteiger partial charge >= 0.3 is 0 Å². The minimum Gasteiger partial charge on any atom is -0.322 e. The lowest BCUT2D eigenvalue weighted by Crippen LogP contribution is -2.10. The van der Waals surface area contributed by atoms with Gasteiger partial charge in [0.2, 0.25) is 5.56 Å². The van der Waals surface area contributed by atoms with E-state index in [-0.39, 0.29) is 17.9 Å². The van der Waals surface area contributed by atoms with Crippen LogP contribution in [-0.4, -0.2) is 20.0 Å². The molecular formula is C15H19NO4S. The lowest BCUT2D eigenvalue weighted by atomic mass is 10.1. The van der Waals surface area contributed by atoms with Crippen molar-refractivity contribution in [2.75, 3.05) is 6.61 Å². The molecule has 0 bridgehead atoms. The van der Waals surface area contributed by atoms with Crippen molar-refractivity contribution in [1.82, 2.24) is 4.98 Å². The van der Waals surface area contributed by atoms with Gasteiger partial charge in [-0.2, -0.15) is 8.42 Å². The maximum absolute atomic E-state index is 11.9. The van der Waals surface area contributed by atoms with Gasteiger partial charge in [-0.15, -0.1) is 0 Å². The van der Waals surface area contributed by atoms with Crippen LogP contribution in [0.2, 0.25) is 0 Å². The van der Waals surface area contributed by atoms with Crippen molar-refractivity contribution in [2.45, 2.75) is 31.9 Å². The number of fused-ring (bicyclic) bond motifs is 1. The van der Waals surface area contributed by atoms with Gasteiger partial charge in [-0.3, -0.25) is 8.98 Å². The fraction of sp³-hybridized carbons (Fsp3) is 0.400. The normalized spacial score (nSPS) is 11.9. The highest BCUT2D eigenvalue weighted by Crippen LogP contribution is 2.15. The SMILES string of the molecule is CCCCCOS(=O)(=O)Cc1ccc2ccc(=O)[nH]c2c1. The summed E-state index contributed by atoms with van der Waals surface area (Å²) >= 11 is 0. The molecule has 0 fully saturated rings. The van der Waals surface area contributed by atoms with E-state index in [4.69, 9.17) is 4.18 Å². The highest BCUT2D eigenvalue weighted by Gasteiger charge is 2.12. The van der Waals surface area contributed by atoms with Crippen LogP contribution < -0.4 is 5.56 Å². The molecule has 0 saturated heterocycles. The van der Waals surface area contributed by atoms with E-state index in [0.29, 0.717) is 11.1 Å². The second-order valence-corrected chi connectivity index (χ2v) is 6.62. The minimum absolute atomic E-state index is 0.189. The Morgan fingerprint density at radius 1 is 1.14 bits per heavy atom. The lowest BCUT2D eigenvalue weighted by Gasteiger charge is -2.06. The van der Waals surface area contributed by atoms with Crippen LogP contribution in [0.25, 0.3) is 10.9 Å². The van der Waals surface area contributed by atoms with Crippen LogP contribution in [0.1, 0.15) is 31.7 Å². The summed E-state index contributed by atoms with van der Waals surface area (Å²) in [4.78, 5) is 14.0. The first-order valence-electron chi connectivity index (χ1n) is 6.99. The van der Waals surface area contributed by atoms with Crippen LogP contribution in [0.5, 0.6) is 0 Å². The van der Waals surface area contributed by atoms with E-state index in [1.54, 1.807) is 24.3 Å². The monoisotopic (exact) mass is 309 g/mol. The average Bonchev–Trinajstić information content (AvgIpc) is 2.43. The summed E-state index contributed by atoms with van der Waals surface area (Å²) in [5.74, 6) is -0.189. The second-order valence-electron chi connectivity index (χ2n) is 4.98. The molecule has 0 unspecified atom stereocenters. The van der Waals surface area contributed by atoms with Crippen LogP contribution in [0.4, 0.5) is 0 Å². The van der Waals surface area contributed by atoms with Crippen LogP contribution in [0.15, 0.2) is 35.1 Å². The van der Waals surface area contributed by atoms with Crippen molar-refractivity contribution in [3.8, 4) is 0 Å². The number of hydrogen-bond acceptors (Lipinski definition) is 4. The van der Waals surface area contributed by atoms with Crippen molar-refractivity contribution < 1.29 is 12.6 Å². The zero-order chi connectivity index (χ0) is 15.3. The summed E-state index contributed by atoms with van der Waals surface area (Å²) in [5.41, 5.74) is 1.01. The Morgan fingerprint density at radius 3 is 2.67 bits per heavy atom. The zero-order valence-corrected chi connectivity index (χ0v) is 12.8. The fourth-order valence-electron chi connectivity index (χ4n) is 2.07. The van der Waals surface area contributed by atoms with Gasteiger partial charge in [0.05, 0.1) is 6.61 Å². The highest BCUT2D eigenvalue weighted by atomic mass is 32.2. The van der Waals surface area contributed by atoms with E-state index in [2.05, 4.69) is 4.98 Å². The van der Waals surface area contributed by atoms with Gasteiger partial charge in [0.1, 0.15) is 5.75 Å². The summed E-state index contributed by atoms with van der Waals surface area (Å²) in [6.45, 7) is 2.27. The van der Waals surface area contributed by atoms with Crippen molar-refractivity contribution in [3.05, 3.63) is 46.2 Å². The molecule has 0 aliphatic rings. The quantitative estimate of drug-likeness (QED) is 0.630. The van der Waals surface area contributed by atoms with Crippen molar-refractivity contribution in [1.29, 1.82) is 0 Å². The Kier molecular flexibility index (Phi) is 5.14. The molecule has 0 spiro atoms. The Balaban J connectivity index is 2.09. The largest absolute Gasteiger partial charge is 0.322 e. The number of rotatable bonds is 7. The number of aromatic amines is 1. The Morgan fingerprint density at radius 2 is 1.90 bits per heavy atom. The van der Waals surface area contributed by atoms with E-state index in [1.807, 2.05) is 6.92 Å². The standard InChI is InChI=1S/C15H19NO4S/c1-2-3-4-9-20-21(18,19)11-12-5-6-13-7-8-15(17)16-14(13)10-12/h5-8,10H,2-4,9,11H2,1H3,(H,16,17). The number of pyridine rings is 1.